The number of carboxylic acid groups (broad SMARTS) is 1. The minimum absolute atomic E-state index is 0.0159. The summed E-state index contributed by atoms with van der Waals surface area (Å²) in [5, 5.41) is 8.99. The van der Waals surface area contributed by atoms with Gasteiger partial charge in [0.15, 0.2) is 0 Å². The molecule has 0 bridgehead atoms. The van der Waals surface area contributed by atoms with E-state index in [1.807, 2.05) is 0 Å². The van der Waals surface area contributed by atoms with Gasteiger partial charge in [0, 0.05) is 19.1 Å². The molecule has 0 aromatic heterocycles. The maximum absolute atomic E-state index is 12.3. The molecule has 8 nitrogen and oxygen atoms in total. The van der Waals surface area contributed by atoms with Gasteiger partial charge >= 0.3 is 5.97 Å². The Kier molecular flexibility index (Phi) is 4.91. The molecular formula is C11H20N2O6S2. The minimum Gasteiger partial charge on any atom is -0.481 e. The summed E-state index contributed by atoms with van der Waals surface area (Å²) in [5.41, 5.74) is 0. The molecule has 122 valence electrons. The smallest absolute Gasteiger partial charge is 0.307 e. The molecule has 2 aliphatic rings. The summed E-state index contributed by atoms with van der Waals surface area (Å²) in [5.74, 6) is -1.70. The fourth-order valence-electron chi connectivity index (χ4n) is 2.66. The minimum atomic E-state index is -3.76. The lowest BCUT2D eigenvalue weighted by molar-refractivity contribution is -0.142. The molecule has 0 aromatic carbocycles. The van der Waals surface area contributed by atoms with Crippen molar-refractivity contribution in [2.75, 3.05) is 24.6 Å². The summed E-state index contributed by atoms with van der Waals surface area (Å²) in [6.07, 6.45) is 1.51. The SMILES string of the molecule is O=C(O)C1CCCN(S(=O)(=O)NC2CCS(=O)(=O)CC2)C1. The van der Waals surface area contributed by atoms with E-state index >= 15 is 0 Å². The summed E-state index contributed by atoms with van der Waals surface area (Å²) in [7, 11) is -6.80. The van der Waals surface area contributed by atoms with Crippen molar-refractivity contribution in [3.8, 4) is 0 Å². The molecule has 2 aliphatic heterocycles. The predicted octanol–water partition coefficient (Wildman–Crippen LogP) is -0.805. The Labute approximate surface area is 124 Å². The first-order valence-electron chi connectivity index (χ1n) is 6.90. The lowest BCUT2D eigenvalue weighted by atomic mass is 10.0. The Morgan fingerprint density at radius 2 is 1.81 bits per heavy atom. The monoisotopic (exact) mass is 340 g/mol. The van der Waals surface area contributed by atoms with Crippen molar-refractivity contribution in [3.05, 3.63) is 0 Å². The molecule has 21 heavy (non-hydrogen) atoms. The molecule has 2 saturated heterocycles. The van der Waals surface area contributed by atoms with Crippen LogP contribution < -0.4 is 4.72 Å². The molecular weight excluding hydrogens is 320 g/mol. The van der Waals surface area contributed by atoms with E-state index in [1.165, 1.54) is 0 Å². The van der Waals surface area contributed by atoms with Gasteiger partial charge in [-0.05, 0) is 25.7 Å². The molecule has 1 unspecified atom stereocenters. The average molecular weight is 340 g/mol. The van der Waals surface area contributed by atoms with Gasteiger partial charge in [0.25, 0.3) is 10.2 Å². The van der Waals surface area contributed by atoms with Gasteiger partial charge in [-0.2, -0.15) is 17.4 Å². The van der Waals surface area contributed by atoms with Crippen LogP contribution in [0.3, 0.4) is 0 Å². The second kappa shape index (κ2) is 6.19. The summed E-state index contributed by atoms with van der Waals surface area (Å²) in [6, 6.07) is -0.399. The van der Waals surface area contributed by atoms with E-state index in [9.17, 15) is 21.6 Å². The van der Waals surface area contributed by atoms with Crippen LogP contribution >= 0.6 is 0 Å². The predicted molar refractivity (Wildman–Crippen MR) is 75.7 cm³/mol. The Morgan fingerprint density at radius 1 is 1.19 bits per heavy atom. The van der Waals surface area contributed by atoms with Gasteiger partial charge in [0.1, 0.15) is 9.84 Å². The van der Waals surface area contributed by atoms with Crippen molar-refractivity contribution in [1.29, 1.82) is 0 Å². The van der Waals surface area contributed by atoms with Crippen LogP contribution in [0.25, 0.3) is 0 Å². The maximum Gasteiger partial charge on any atom is 0.307 e. The number of nitrogens with one attached hydrogen (secondary N) is 1. The van der Waals surface area contributed by atoms with Gasteiger partial charge in [-0.15, -0.1) is 0 Å². The Hall–Kier alpha value is -0.710. The van der Waals surface area contributed by atoms with Crippen LogP contribution in [0.1, 0.15) is 25.7 Å². The van der Waals surface area contributed by atoms with E-state index in [-0.39, 0.29) is 30.9 Å². The van der Waals surface area contributed by atoms with Crippen molar-refractivity contribution in [2.45, 2.75) is 31.7 Å². The molecule has 0 aliphatic carbocycles. The molecule has 2 heterocycles. The van der Waals surface area contributed by atoms with Crippen LogP contribution in [0.4, 0.5) is 0 Å². The number of nitrogens with zero attached hydrogens (tertiary/aromatic N) is 1. The highest BCUT2D eigenvalue weighted by Gasteiger charge is 2.34. The van der Waals surface area contributed by atoms with Crippen LogP contribution in [0, 0.1) is 5.92 Å². The first-order valence-corrected chi connectivity index (χ1v) is 10.2. The standard InChI is InChI=1S/C11H20N2O6S2/c14-11(15)9-2-1-5-13(8-9)21(18,19)12-10-3-6-20(16,17)7-4-10/h9-10,12H,1-8H2,(H,14,15). The van der Waals surface area contributed by atoms with Crippen molar-refractivity contribution >= 4 is 26.0 Å². The lowest BCUT2D eigenvalue weighted by Gasteiger charge is -2.32. The molecule has 0 amide bonds. The number of hydrogen-bond acceptors (Lipinski definition) is 5. The topological polar surface area (TPSA) is 121 Å². The summed E-state index contributed by atoms with van der Waals surface area (Å²) < 4.78 is 50.8. The second-order valence-electron chi connectivity index (χ2n) is 5.58. The molecule has 1 atom stereocenters. The fourth-order valence-corrected chi connectivity index (χ4v) is 5.70. The summed E-state index contributed by atoms with van der Waals surface area (Å²) in [4.78, 5) is 11.0. The van der Waals surface area contributed by atoms with Gasteiger partial charge in [0.05, 0.1) is 17.4 Å². The van der Waals surface area contributed by atoms with Crippen molar-refractivity contribution in [1.82, 2.24) is 9.03 Å². The molecule has 0 aromatic rings. The quantitative estimate of drug-likeness (QED) is 0.691. The van der Waals surface area contributed by atoms with Gasteiger partial charge < -0.3 is 5.11 Å². The normalized spacial score (nSPS) is 28.3. The maximum atomic E-state index is 12.3. The van der Waals surface area contributed by atoms with Crippen LogP contribution in [-0.2, 0) is 24.8 Å². The summed E-state index contributed by atoms with van der Waals surface area (Å²) >= 11 is 0. The summed E-state index contributed by atoms with van der Waals surface area (Å²) in [6.45, 7) is 0.264. The van der Waals surface area contributed by atoms with E-state index in [0.717, 1.165) is 4.31 Å². The average Bonchev–Trinajstić information content (AvgIpc) is 2.41. The van der Waals surface area contributed by atoms with Crippen LogP contribution in [0.5, 0.6) is 0 Å². The third-order valence-corrected chi connectivity index (χ3v) is 7.30. The largest absolute Gasteiger partial charge is 0.481 e. The lowest BCUT2D eigenvalue weighted by Crippen LogP contribution is -2.51. The van der Waals surface area contributed by atoms with Crippen LogP contribution in [0.15, 0.2) is 0 Å². The Morgan fingerprint density at radius 3 is 2.38 bits per heavy atom. The van der Waals surface area contributed by atoms with E-state index in [1.54, 1.807) is 0 Å². The number of sulfone groups is 1. The molecule has 0 saturated carbocycles. The van der Waals surface area contributed by atoms with Gasteiger partial charge in [-0.25, -0.2) is 8.42 Å². The number of rotatable bonds is 4. The van der Waals surface area contributed by atoms with Crippen molar-refractivity contribution in [2.24, 2.45) is 5.92 Å². The first kappa shape index (κ1) is 16.7. The van der Waals surface area contributed by atoms with Crippen molar-refractivity contribution < 1.29 is 26.7 Å². The zero-order valence-electron chi connectivity index (χ0n) is 11.6. The molecule has 2 rings (SSSR count). The first-order chi connectivity index (χ1) is 9.70. The van der Waals surface area contributed by atoms with Crippen LogP contribution in [0.2, 0.25) is 0 Å². The van der Waals surface area contributed by atoms with Gasteiger partial charge in [-0.3, -0.25) is 4.79 Å². The van der Waals surface area contributed by atoms with E-state index in [4.69, 9.17) is 5.11 Å². The molecule has 10 heteroatoms. The Bertz CT molecular complexity index is 586. The molecule has 2 N–H and O–H groups in total. The molecule has 0 spiro atoms. The number of piperidine rings is 1. The number of aliphatic carboxylic acids is 1. The van der Waals surface area contributed by atoms with Crippen LogP contribution in [-0.4, -0.2) is 62.9 Å². The zero-order chi connectivity index (χ0) is 15.7. The zero-order valence-corrected chi connectivity index (χ0v) is 13.2. The third-order valence-electron chi connectivity index (χ3n) is 3.94. The van der Waals surface area contributed by atoms with Gasteiger partial charge in [-0.1, -0.05) is 0 Å². The number of carbonyl (C=O) groups is 1. The Balaban J connectivity index is 1.97. The second-order valence-corrected chi connectivity index (χ2v) is 9.59. The number of carboxylic acids is 1. The molecule has 0 radical (unpaired) electrons. The van der Waals surface area contributed by atoms with E-state index < -0.39 is 38.0 Å². The highest BCUT2D eigenvalue weighted by atomic mass is 32.2. The van der Waals surface area contributed by atoms with E-state index in [2.05, 4.69) is 4.72 Å². The highest BCUT2D eigenvalue weighted by Crippen LogP contribution is 2.20. The molecule has 2 fully saturated rings. The van der Waals surface area contributed by atoms with E-state index in [0.29, 0.717) is 19.4 Å². The third kappa shape index (κ3) is 4.38. The number of hydrogen-bond donors (Lipinski definition) is 2. The van der Waals surface area contributed by atoms with Gasteiger partial charge in [0.2, 0.25) is 0 Å². The fraction of sp³-hybridized carbons (Fsp3) is 0.909. The highest BCUT2D eigenvalue weighted by molar-refractivity contribution is 7.91. The van der Waals surface area contributed by atoms with Crippen molar-refractivity contribution in [3.63, 3.8) is 0 Å².